The van der Waals surface area contributed by atoms with Crippen molar-refractivity contribution in [1.82, 2.24) is 9.97 Å². The zero-order chi connectivity index (χ0) is 12.8. The van der Waals surface area contributed by atoms with Crippen LogP contribution in [0.15, 0.2) is 6.33 Å². The monoisotopic (exact) mass is 239 g/mol. The fraction of sp³-hybridized carbons (Fsp3) is 0.636. The molecule has 1 aromatic heterocycles. The number of hydrazine groups is 1. The molecule has 0 aliphatic carbocycles. The van der Waals surface area contributed by atoms with Gasteiger partial charge >= 0.3 is 0 Å². The molecule has 0 bridgehead atoms. The van der Waals surface area contributed by atoms with Crippen LogP contribution in [0.25, 0.3) is 0 Å². The summed E-state index contributed by atoms with van der Waals surface area (Å²) in [5, 5.41) is 12.3. The van der Waals surface area contributed by atoms with Crippen LogP contribution in [0.3, 0.4) is 0 Å². The number of nitrogens with one attached hydrogen (secondary N) is 2. The van der Waals surface area contributed by atoms with Crippen molar-refractivity contribution in [3.05, 3.63) is 11.9 Å². The average Bonchev–Trinajstić information content (AvgIpc) is 2.30. The van der Waals surface area contributed by atoms with Crippen molar-refractivity contribution < 1.29 is 5.11 Å². The van der Waals surface area contributed by atoms with Crippen molar-refractivity contribution in [2.45, 2.75) is 33.2 Å². The number of rotatable bonds is 6. The van der Waals surface area contributed by atoms with E-state index in [2.05, 4.69) is 34.6 Å². The first-order valence-electron chi connectivity index (χ1n) is 5.75. The van der Waals surface area contributed by atoms with Gasteiger partial charge in [-0.2, -0.15) is 0 Å². The molecule has 0 saturated carbocycles. The normalized spacial score (nSPS) is 12.6. The van der Waals surface area contributed by atoms with Gasteiger partial charge in [-0.3, -0.25) is 0 Å². The van der Waals surface area contributed by atoms with E-state index in [0.717, 1.165) is 11.4 Å². The SMILES string of the molecule is Cc1c(NN)ncnc1NC(CCO)C(C)C. The molecule has 5 N–H and O–H groups in total. The molecular weight excluding hydrogens is 218 g/mol. The molecule has 0 aliphatic rings. The Balaban J connectivity index is 2.85. The minimum atomic E-state index is 0.155. The van der Waals surface area contributed by atoms with Crippen LogP contribution in [0.5, 0.6) is 0 Å². The van der Waals surface area contributed by atoms with Gasteiger partial charge in [-0.25, -0.2) is 15.8 Å². The van der Waals surface area contributed by atoms with Gasteiger partial charge in [0.2, 0.25) is 0 Å². The first-order chi connectivity index (χ1) is 8.10. The summed E-state index contributed by atoms with van der Waals surface area (Å²) in [5.74, 6) is 7.12. The zero-order valence-corrected chi connectivity index (χ0v) is 10.6. The first-order valence-corrected chi connectivity index (χ1v) is 5.75. The summed E-state index contributed by atoms with van der Waals surface area (Å²) in [7, 11) is 0. The second-order valence-electron chi connectivity index (χ2n) is 4.35. The van der Waals surface area contributed by atoms with Gasteiger partial charge in [0.25, 0.3) is 0 Å². The minimum Gasteiger partial charge on any atom is -0.396 e. The predicted molar refractivity (Wildman–Crippen MR) is 68.5 cm³/mol. The Labute approximate surface area is 102 Å². The highest BCUT2D eigenvalue weighted by molar-refractivity contribution is 5.56. The van der Waals surface area contributed by atoms with Crippen molar-refractivity contribution in [3.8, 4) is 0 Å². The maximum Gasteiger partial charge on any atom is 0.148 e. The van der Waals surface area contributed by atoms with E-state index in [9.17, 15) is 0 Å². The smallest absolute Gasteiger partial charge is 0.148 e. The van der Waals surface area contributed by atoms with Crippen molar-refractivity contribution in [3.63, 3.8) is 0 Å². The molecule has 17 heavy (non-hydrogen) atoms. The van der Waals surface area contributed by atoms with E-state index in [1.807, 2.05) is 6.92 Å². The van der Waals surface area contributed by atoms with E-state index in [0.29, 0.717) is 18.2 Å². The van der Waals surface area contributed by atoms with Crippen LogP contribution >= 0.6 is 0 Å². The summed E-state index contributed by atoms with van der Waals surface area (Å²) in [5.41, 5.74) is 3.40. The van der Waals surface area contributed by atoms with Gasteiger partial charge in [0.1, 0.15) is 18.0 Å². The maximum absolute atomic E-state index is 9.03. The van der Waals surface area contributed by atoms with E-state index in [1.165, 1.54) is 6.33 Å². The van der Waals surface area contributed by atoms with Crippen molar-refractivity contribution in [2.75, 3.05) is 17.3 Å². The van der Waals surface area contributed by atoms with Crippen LogP contribution in [0.1, 0.15) is 25.8 Å². The molecular formula is C11H21N5O. The Bertz CT molecular complexity index is 356. The summed E-state index contributed by atoms with van der Waals surface area (Å²) < 4.78 is 0. The highest BCUT2D eigenvalue weighted by Crippen LogP contribution is 2.20. The Morgan fingerprint density at radius 1 is 1.35 bits per heavy atom. The van der Waals surface area contributed by atoms with E-state index in [-0.39, 0.29) is 12.6 Å². The van der Waals surface area contributed by atoms with Crippen LogP contribution in [0.2, 0.25) is 0 Å². The number of nitrogen functional groups attached to an aromatic ring is 1. The van der Waals surface area contributed by atoms with Crippen LogP contribution in [-0.2, 0) is 0 Å². The van der Waals surface area contributed by atoms with Gasteiger partial charge in [-0.15, -0.1) is 0 Å². The highest BCUT2D eigenvalue weighted by Gasteiger charge is 2.15. The third kappa shape index (κ3) is 3.54. The maximum atomic E-state index is 9.03. The lowest BCUT2D eigenvalue weighted by Crippen LogP contribution is -2.28. The summed E-state index contributed by atoms with van der Waals surface area (Å²) in [6.45, 7) is 6.26. The molecule has 0 radical (unpaired) electrons. The standard InChI is InChI=1S/C11H21N5O/c1-7(2)9(4-5-17)15-10-8(3)11(16-12)14-6-13-10/h6-7,9,17H,4-5,12H2,1-3H3,(H2,13,14,15,16). The topological polar surface area (TPSA) is 96.1 Å². The molecule has 0 amide bonds. The Hall–Kier alpha value is -1.40. The Morgan fingerprint density at radius 2 is 2.00 bits per heavy atom. The number of anilines is 2. The van der Waals surface area contributed by atoms with Crippen LogP contribution < -0.4 is 16.6 Å². The zero-order valence-electron chi connectivity index (χ0n) is 10.6. The lowest BCUT2D eigenvalue weighted by atomic mass is 10.0. The number of nitrogens with zero attached hydrogens (tertiary/aromatic N) is 2. The predicted octanol–water partition coefficient (Wildman–Crippen LogP) is 0.890. The third-order valence-electron chi connectivity index (χ3n) is 2.79. The summed E-state index contributed by atoms with van der Waals surface area (Å²) in [6.07, 6.45) is 2.15. The van der Waals surface area contributed by atoms with Gasteiger partial charge in [0.15, 0.2) is 0 Å². The highest BCUT2D eigenvalue weighted by atomic mass is 16.3. The molecule has 1 unspecified atom stereocenters. The van der Waals surface area contributed by atoms with Gasteiger partial charge in [0, 0.05) is 18.2 Å². The lowest BCUT2D eigenvalue weighted by molar-refractivity contribution is 0.267. The van der Waals surface area contributed by atoms with Crippen molar-refractivity contribution in [1.29, 1.82) is 0 Å². The van der Waals surface area contributed by atoms with Gasteiger partial charge < -0.3 is 15.8 Å². The number of hydrogen-bond acceptors (Lipinski definition) is 6. The molecule has 1 rings (SSSR count). The first kappa shape index (κ1) is 13.7. The molecule has 6 heteroatoms. The molecule has 0 fully saturated rings. The number of aliphatic hydroxyl groups is 1. The molecule has 0 aliphatic heterocycles. The minimum absolute atomic E-state index is 0.155. The van der Waals surface area contributed by atoms with E-state index < -0.39 is 0 Å². The number of hydrogen-bond donors (Lipinski definition) is 4. The molecule has 1 aromatic rings. The van der Waals surface area contributed by atoms with Crippen molar-refractivity contribution in [2.24, 2.45) is 11.8 Å². The van der Waals surface area contributed by atoms with Gasteiger partial charge in [0.05, 0.1) is 0 Å². The molecule has 0 spiro atoms. The van der Waals surface area contributed by atoms with Crippen molar-refractivity contribution >= 4 is 11.6 Å². The second-order valence-corrected chi connectivity index (χ2v) is 4.35. The Kier molecular flexibility index (Phi) is 5.11. The second kappa shape index (κ2) is 6.36. The van der Waals surface area contributed by atoms with E-state index in [1.54, 1.807) is 0 Å². The van der Waals surface area contributed by atoms with Crippen LogP contribution in [0, 0.1) is 12.8 Å². The van der Waals surface area contributed by atoms with E-state index in [4.69, 9.17) is 10.9 Å². The van der Waals surface area contributed by atoms with Gasteiger partial charge in [-0.1, -0.05) is 13.8 Å². The average molecular weight is 239 g/mol. The number of aromatic nitrogens is 2. The molecule has 0 aromatic carbocycles. The Morgan fingerprint density at radius 3 is 2.53 bits per heavy atom. The molecule has 6 nitrogen and oxygen atoms in total. The number of aliphatic hydroxyl groups excluding tert-OH is 1. The van der Waals surface area contributed by atoms with E-state index >= 15 is 0 Å². The van der Waals surface area contributed by atoms with Crippen LogP contribution in [-0.4, -0.2) is 27.7 Å². The summed E-state index contributed by atoms with van der Waals surface area (Å²) in [4.78, 5) is 8.21. The quantitative estimate of drug-likeness (QED) is 0.435. The fourth-order valence-corrected chi connectivity index (χ4v) is 1.63. The largest absolute Gasteiger partial charge is 0.396 e. The van der Waals surface area contributed by atoms with Crippen LogP contribution in [0.4, 0.5) is 11.6 Å². The number of nitrogens with two attached hydrogens (primary N) is 1. The van der Waals surface area contributed by atoms with Gasteiger partial charge in [-0.05, 0) is 19.3 Å². The molecule has 1 atom stereocenters. The lowest BCUT2D eigenvalue weighted by Gasteiger charge is -2.23. The molecule has 1 heterocycles. The summed E-state index contributed by atoms with van der Waals surface area (Å²) >= 11 is 0. The summed E-state index contributed by atoms with van der Waals surface area (Å²) in [6, 6.07) is 0.180. The molecule has 96 valence electrons. The fourth-order valence-electron chi connectivity index (χ4n) is 1.63. The third-order valence-corrected chi connectivity index (χ3v) is 2.79. The molecule has 0 saturated heterocycles.